The van der Waals surface area contributed by atoms with Crippen LogP contribution in [0.2, 0.25) is 0 Å². The van der Waals surface area contributed by atoms with Gasteiger partial charge in [-0.05, 0) is 96.0 Å². The van der Waals surface area contributed by atoms with E-state index in [2.05, 4.69) is 135 Å². The number of allylic oxidation sites excluding steroid dienone is 19. The quantitative estimate of drug-likeness (QED) is 0.0321. The number of hydrogen-bond acceptors (Lipinski definition) is 5. The zero-order chi connectivity index (χ0) is 50.2. The number of nitrogens with one attached hydrogen (secondary N) is 1. The highest BCUT2D eigenvalue weighted by molar-refractivity contribution is 5.78. The van der Waals surface area contributed by atoms with Crippen LogP contribution in [0.25, 0.3) is 0 Å². The Hall–Kier alpha value is -3.74. The molecule has 3 atom stereocenters. The monoisotopic (exact) mass is 956 g/mol. The Morgan fingerprint density at radius 2 is 0.812 bits per heavy atom. The van der Waals surface area contributed by atoms with Gasteiger partial charge in [-0.2, -0.15) is 0 Å². The van der Waals surface area contributed by atoms with Gasteiger partial charge >= 0.3 is 5.97 Å². The third-order valence-electron chi connectivity index (χ3n) is 12.0. The predicted molar refractivity (Wildman–Crippen MR) is 300 cm³/mol. The van der Waals surface area contributed by atoms with E-state index in [-0.39, 0.29) is 24.9 Å². The van der Waals surface area contributed by atoms with E-state index in [0.717, 1.165) is 103 Å². The average molecular weight is 957 g/mol. The number of hydrogen-bond donors (Lipinski definition) is 3. The summed E-state index contributed by atoms with van der Waals surface area (Å²) in [6.45, 7) is 6.22. The van der Waals surface area contributed by atoms with Crippen LogP contribution in [0, 0.1) is 0 Å². The normalized spacial score (nSPS) is 14.1. The Morgan fingerprint density at radius 1 is 0.449 bits per heavy atom. The second-order valence-electron chi connectivity index (χ2n) is 18.6. The minimum atomic E-state index is -0.834. The fraction of sp³-hybridized carbons (Fsp3) is 0.651. The van der Waals surface area contributed by atoms with E-state index >= 15 is 0 Å². The number of rotatable bonds is 49. The van der Waals surface area contributed by atoms with Crippen molar-refractivity contribution >= 4 is 11.9 Å². The molecule has 0 saturated carbocycles. The number of amides is 1. The summed E-state index contributed by atoms with van der Waals surface area (Å²) in [6, 6.07) is -0.758. The molecular weight excluding hydrogens is 851 g/mol. The SMILES string of the molecule is CC/C=C\C/C=C\C/C=C\C/C=C\C/C=C\CCCCCC(=O)OC(/C=C/C/C=C/C/C=C/C/C=C/C/C=C/CC)CC(=O)NC(CO)C(O)CCCCCCCCCCCCCCCCCCC. The summed E-state index contributed by atoms with van der Waals surface area (Å²) in [5, 5.41) is 23.8. The van der Waals surface area contributed by atoms with Crippen molar-refractivity contribution in [1.29, 1.82) is 0 Å². The molecule has 0 aromatic rings. The molecule has 0 aliphatic heterocycles. The summed E-state index contributed by atoms with van der Waals surface area (Å²) in [5.74, 6) is -0.674. The number of aliphatic hydroxyl groups excluding tert-OH is 2. The van der Waals surface area contributed by atoms with E-state index < -0.39 is 18.2 Å². The van der Waals surface area contributed by atoms with Crippen molar-refractivity contribution in [3.05, 3.63) is 122 Å². The van der Waals surface area contributed by atoms with Crippen LogP contribution >= 0.6 is 0 Å². The van der Waals surface area contributed by atoms with E-state index in [1.165, 1.54) is 89.9 Å². The van der Waals surface area contributed by atoms with Crippen LogP contribution in [0.15, 0.2) is 122 Å². The van der Waals surface area contributed by atoms with Crippen molar-refractivity contribution in [2.45, 2.75) is 257 Å². The van der Waals surface area contributed by atoms with Gasteiger partial charge in [0.2, 0.25) is 5.91 Å². The number of esters is 1. The molecule has 6 nitrogen and oxygen atoms in total. The summed E-state index contributed by atoms with van der Waals surface area (Å²) >= 11 is 0. The van der Waals surface area contributed by atoms with Gasteiger partial charge in [-0.3, -0.25) is 9.59 Å². The van der Waals surface area contributed by atoms with Crippen molar-refractivity contribution in [3.63, 3.8) is 0 Å². The number of aliphatic hydroxyl groups is 2. The largest absolute Gasteiger partial charge is 0.458 e. The lowest BCUT2D eigenvalue weighted by Gasteiger charge is -2.23. The van der Waals surface area contributed by atoms with Crippen molar-refractivity contribution in [2.75, 3.05) is 6.61 Å². The van der Waals surface area contributed by atoms with Gasteiger partial charge < -0.3 is 20.3 Å². The summed E-state index contributed by atoms with van der Waals surface area (Å²) in [7, 11) is 0. The second-order valence-corrected chi connectivity index (χ2v) is 18.6. The van der Waals surface area contributed by atoms with Crippen LogP contribution in [0.4, 0.5) is 0 Å². The number of carbonyl (C=O) groups excluding carboxylic acids is 2. The van der Waals surface area contributed by atoms with E-state index in [4.69, 9.17) is 4.74 Å². The Bertz CT molecular complexity index is 1440. The summed E-state index contributed by atoms with van der Waals surface area (Å²) < 4.78 is 5.82. The zero-order valence-electron chi connectivity index (χ0n) is 44.6. The average Bonchev–Trinajstić information content (AvgIpc) is 3.34. The van der Waals surface area contributed by atoms with E-state index in [1.807, 2.05) is 6.08 Å². The molecule has 69 heavy (non-hydrogen) atoms. The molecule has 0 rings (SSSR count). The molecule has 392 valence electrons. The molecule has 0 aliphatic rings. The van der Waals surface area contributed by atoms with E-state index in [9.17, 15) is 19.8 Å². The molecule has 3 unspecified atom stereocenters. The van der Waals surface area contributed by atoms with Gasteiger partial charge in [-0.1, -0.05) is 252 Å². The van der Waals surface area contributed by atoms with Crippen molar-refractivity contribution in [2.24, 2.45) is 0 Å². The van der Waals surface area contributed by atoms with Crippen LogP contribution in [-0.4, -0.2) is 46.9 Å². The first-order chi connectivity index (χ1) is 34.0. The molecule has 0 aromatic heterocycles. The molecule has 0 radical (unpaired) electrons. The third-order valence-corrected chi connectivity index (χ3v) is 12.0. The summed E-state index contributed by atoms with van der Waals surface area (Å²) in [4.78, 5) is 26.2. The van der Waals surface area contributed by atoms with Gasteiger partial charge in [-0.15, -0.1) is 0 Å². The molecule has 0 fully saturated rings. The fourth-order valence-electron chi connectivity index (χ4n) is 7.83. The van der Waals surface area contributed by atoms with E-state index in [0.29, 0.717) is 19.3 Å². The Labute approximate surface area is 425 Å². The van der Waals surface area contributed by atoms with Crippen molar-refractivity contribution in [3.8, 4) is 0 Å². The minimum Gasteiger partial charge on any atom is -0.458 e. The third kappa shape index (κ3) is 50.5. The molecule has 0 saturated heterocycles. The minimum absolute atomic E-state index is 0.0666. The van der Waals surface area contributed by atoms with Crippen LogP contribution in [0.3, 0.4) is 0 Å². The maximum atomic E-state index is 13.2. The van der Waals surface area contributed by atoms with Crippen LogP contribution in [-0.2, 0) is 14.3 Å². The van der Waals surface area contributed by atoms with Crippen molar-refractivity contribution in [1.82, 2.24) is 5.32 Å². The fourth-order valence-corrected chi connectivity index (χ4v) is 7.83. The molecule has 0 aliphatic carbocycles. The van der Waals surface area contributed by atoms with Gasteiger partial charge in [0.25, 0.3) is 0 Å². The highest BCUT2D eigenvalue weighted by Crippen LogP contribution is 2.16. The lowest BCUT2D eigenvalue weighted by molar-refractivity contribution is -0.148. The maximum absolute atomic E-state index is 13.2. The van der Waals surface area contributed by atoms with Crippen molar-refractivity contribution < 1.29 is 24.5 Å². The molecule has 1 amide bonds. The number of ether oxygens (including phenoxy) is 1. The first-order valence-electron chi connectivity index (χ1n) is 28.3. The Morgan fingerprint density at radius 3 is 1.22 bits per heavy atom. The lowest BCUT2D eigenvalue weighted by atomic mass is 10.0. The first kappa shape index (κ1) is 65.3. The molecular formula is C63H105NO5. The Kier molecular flexibility index (Phi) is 52.2. The molecule has 6 heteroatoms. The zero-order valence-corrected chi connectivity index (χ0v) is 44.6. The van der Waals surface area contributed by atoms with Crippen LogP contribution < -0.4 is 5.32 Å². The number of carbonyl (C=O) groups is 2. The lowest BCUT2D eigenvalue weighted by Crippen LogP contribution is -2.46. The summed E-state index contributed by atoms with van der Waals surface area (Å²) in [6.07, 6.45) is 77.2. The molecule has 0 bridgehead atoms. The van der Waals surface area contributed by atoms with Gasteiger partial charge in [0.1, 0.15) is 6.10 Å². The standard InChI is InChI=1S/C63H105NO5/c1-4-7-10-13-16-19-22-25-28-30-31-33-35-38-41-44-47-50-53-56-63(68)69-59(54-51-48-45-42-39-36-27-24-21-18-15-12-9-6-3)57-62(67)64-60(58-65)61(66)55-52-49-46-43-40-37-34-32-29-26-23-20-17-14-11-8-5-2/h7,9-10,12,16,18-19,21,25,27-28,31,33,36,38,41-42,45,51,54,59-61,65-66H,4-6,8,11,13-15,17,20,22-24,26,29-30,32,34-35,37,39-40,43-44,46-50,52-53,55-58H2,1-3H3,(H,64,67)/b10-7-,12-9+,19-16-,21-18+,28-25-,33-31-,36-27+,41-38-,45-42+,54-51+. The first-order valence-corrected chi connectivity index (χ1v) is 28.3. The highest BCUT2D eigenvalue weighted by Gasteiger charge is 2.23. The van der Waals surface area contributed by atoms with Gasteiger partial charge in [0.05, 0.1) is 25.2 Å². The summed E-state index contributed by atoms with van der Waals surface area (Å²) in [5.41, 5.74) is 0. The van der Waals surface area contributed by atoms with E-state index in [1.54, 1.807) is 6.08 Å². The number of unbranched alkanes of at least 4 members (excludes halogenated alkanes) is 19. The molecule has 0 heterocycles. The van der Waals surface area contributed by atoms with Crippen LogP contribution in [0.1, 0.15) is 239 Å². The van der Waals surface area contributed by atoms with Gasteiger partial charge in [0.15, 0.2) is 0 Å². The second kappa shape index (κ2) is 55.2. The van der Waals surface area contributed by atoms with Gasteiger partial charge in [-0.25, -0.2) is 0 Å². The molecule has 0 aromatic carbocycles. The highest BCUT2D eigenvalue weighted by atomic mass is 16.5. The smallest absolute Gasteiger partial charge is 0.306 e. The molecule has 3 N–H and O–H groups in total. The molecule has 0 spiro atoms. The topological polar surface area (TPSA) is 95.9 Å². The Balaban J connectivity index is 4.72. The van der Waals surface area contributed by atoms with Gasteiger partial charge in [0, 0.05) is 6.42 Å². The predicted octanol–water partition coefficient (Wildman–Crippen LogP) is 17.6. The maximum Gasteiger partial charge on any atom is 0.306 e. The van der Waals surface area contributed by atoms with Crippen LogP contribution in [0.5, 0.6) is 0 Å².